The van der Waals surface area contributed by atoms with Crippen molar-refractivity contribution in [3.8, 4) is 5.69 Å². The second-order valence-electron chi connectivity index (χ2n) is 3.46. The first kappa shape index (κ1) is 10.4. The second kappa shape index (κ2) is 4.62. The van der Waals surface area contributed by atoms with Gasteiger partial charge in [0.05, 0.1) is 0 Å². The summed E-state index contributed by atoms with van der Waals surface area (Å²) in [4.78, 5) is 11.8. The molecule has 0 aliphatic rings. The van der Waals surface area contributed by atoms with Crippen LogP contribution in [-0.2, 0) is 0 Å². The minimum Gasteiger partial charge on any atom is -0.278 e. The van der Waals surface area contributed by atoms with Crippen molar-refractivity contribution in [1.82, 2.24) is 4.57 Å². The zero-order chi connectivity index (χ0) is 11.4. The van der Waals surface area contributed by atoms with E-state index in [0.29, 0.717) is 0 Å². The van der Waals surface area contributed by atoms with Gasteiger partial charge in [0.15, 0.2) is 0 Å². The predicted molar refractivity (Wildman–Crippen MR) is 66.7 cm³/mol. The summed E-state index contributed by atoms with van der Waals surface area (Å²) >= 11 is 0. The predicted octanol–water partition coefficient (Wildman–Crippen LogP) is 2.87. The van der Waals surface area contributed by atoms with Crippen molar-refractivity contribution < 1.29 is 0 Å². The molecular formula is C14H13NO. The average molecular weight is 211 g/mol. The summed E-state index contributed by atoms with van der Waals surface area (Å²) < 4.78 is 1.69. The number of hydrogen-bond acceptors (Lipinski definition) is 1. The van der Waals surface area contributed by atoms with Crippen molar-refractivity contribution >= 4 is 6.08 Å². The normalized spacial score (nSPS) is 10.8. The Labute approximate surface area is 94.5 Å². The molecule has 0 atom stereocenters. The van der Waals surface area contributed by atoms with Crippen LogP contribution in [0, 0.1) is 0 Å². The summed E-state index contributed by atoms with van der Waals surface area (Å²) in [6.07, 6.45) is 3.85. The van der Waals surface area contributed by atoms with Gasteiger partial charge in [-0.15, -0.1) is 0 Å². The molecule has 2 rings (SSSR count). The van der Waals surface area contributed by atoms with Gasteiger partial charge in [-0.1, -0.05) is 30.3 Å². The van der Waals surface area contributed by atoms with Crippen molar-refractivity contribution in [3.05, 3.63) is 70.7 Å². The lowest BCUT2D eigenvalue weighted by atomic mass is 10.2. The number of pyridine rings is 1. The van der Waals surface area contributed by atoms with E-state index in [1.165, 1.54) is 0 Å². The third-order valence-corrected chi connectivity index (χ3v) is 2.34. The molecule has 16 heavy (non-hydrogen) atoms. The van der Waals surface area contributed by atoms with E-state index in [1.807, 2.05) is 55.5 Å². The fourth-order valence-corrected chi connectivity index (χ4v) is 1.66. The van der Waals surface area contributed by atoms with Crippen LogP contribution in [-0.4, -0.2) is 4.57 Å². The number of aromatic nitrogens is 1. The molecule has 0 saturated carbocycles. The van der Waals surface area contributed by atoms with Crippen LogP contribution >= 0.6 is 0 Å². The number of hydrogen-bond donors (Lipinski definition) is 0. The fourth-order valence-electron chi connectivity index (χ4n) is 1.66. The summed E-state index contributed by atoms with van der Waals surface area (Å²) in [5, 5.41) is 0. The van der Waals surface area contributed by atoms with Gasteiger partial charge in [0.2, 0.25) is 0 Å². The molecule has 1 aromatic carbocycles. The SMILES string of the molecule is C/C=C/c1cccc(=O)n1-c1ccccc1. The van der Waals surface area contributed by atoms with E-state index in [0.717, 1.165) is 11.4 Å². The number of allylic oxidation sites excluding steroid dienone is 1. The summed E-state index contributed by atoms with van der Waals surface area (Å²) in [6, 6.07) is 14.9. The quantitative estimate of drug-likeness (QED) is 0.748. The molecule has 2 nitrogen and oxygen atoms in total. The van der Waals surface area contributed by atoms with Crippen LogP contribution < -0.4 is 5.56 Å². The summed E-state index contributed by atoms with van der Waals surface area (Å²) in [5.41, 5.74) is 1.77. The van der Waals surface area contributed by atoms with E-state index >= 15 is 0 Å². The van der Waals surface area contributed by atoms with Crippen LogP contribution in [0.15, 0.2) is 59.4 Å². The summed E-state index contributed by atoms with van der Waals surface area (Å²) in [5.74, 6) is 0. The van der Waals surface area contributed by atoms with E-state index in [2.05, 4.69) is 0 Å². The Morgan fingerprint density at radius 1 is 1.00 bits per heavy atom. The van der Waals surface area contributed by atoms with E-state index < -0.39 is 0 Å². The van der Waals surface area contributed by atoms with E-state index in [9.17, 15) is 4.79 Å². The van der Waals surface area contributed by atoms with Crippen LogP contribution in [0.1, 0.15) is 12.6 Å². The maximum Gasteiger partial charge on any atom is 0.255 e. The van der Waals surface area contributed by atoms with Gasteiger partial charge in [-0.3, -0.25) is 9.36 Å². The summed E-state index contributed by atoms with van der Waals surface area (Å²) in [7, 11) is 0. The molecule has 0 fully saturated rings. The number of rotatable bonds is 2. The molecule has 0 aliphatic heterocycles. The Kier molecular flexibility index (Phi) is 3.01. The Bertz CT molecular complexity index is 552. The number of para-hydroxylation sites is 1. The monoisotopic (exact) mass is 211 g/mol. The lowest BCUT2D eigenvalue weighted by Crippen LogP contribution is -2.18. The largest absolute Gasteiger partial charge is 0.278 e. The molecule has 0 amide bonds. The zero-order valence-electron chi connectivity index (χ0n) is 9.13. The Morgan fingerprint density at radius 2 is 1.75 bits per heavy atom. The van der Waals surface area contributed by atoms with Crippen LogP contribution in [0.2, 0.25) is 0 Å². The maximum atomic E-state index is 11.8. The van der Waals surface area contributed by atoms with Gasteiger partial charge in [0, 0.05) is 17.4 Å². The van der Waals surface area contributed by atoms with E-state index in [4.69, 9.17) is 0 Å². The van der Waals surface area contributed by atoms with Gasteiger partial charge in [0.25, 0.3) is 5.56 Å². The lowest BCUT2D eigenvalue weighted by Gasteiger charge is -2.09. The molecule has 0 radical (unpaired) electrons. The molecule has 1 aromatic heterocycles. The van der Waals surface area contributed by atoms with Crippen LogP contribution in [0.3, 0.4) is 0 Å². The molecule has 0 unspecified atom stereocenters. The minimum absolute atomic E-state index is 0.0122. The van der Waals surface area contributed by atoms with E-state index in [1.54, 1.807) is 16.7 Å². The van der Waals surface area contributed by atoms with Crippen molar-refractivity contribution in [2.75, 3.05) is 0 Å². The molecule has 0 bridgehead atoms. The third-order valence-electron chi connectivity index (χ3n) is 2.34. The van der Waals surface area contributed by atoms with Crippen molar-refractivity contribution in [1.29, 1.82) is 0 Å². The Balaban J connectivity index is 2.68. The van der Waals surface area contributed by atoms with Crippen molar-refractivity contribution in [2.45, 2.75) is 6.92 Å². The molecular weight excluding hydrogens is 198 g/mol. The number of benzene rings is 1. The standard InChI is InChI=1S/C14H13NO/c1-2-7-12-10-6-11-14(16)15(12)13-8-4-3-5-9-13/h2-11H,1H3/b7-2+. The Morgan fingerprint density at radius 3 is 2.44 bits per heavy atom. The fraction of sp³-hybridized carbons (Fsp3) is 0.0714. The van der Waals surface area contributed by atoms with Gasteiger partial charge in [-0.25, -0.2) is 0 Å². The first-order valence-corrected chi connectivity index (χ1v) is 5.23. The van der Waals surface area contributed by atoms with Crippen LogP contribution in [0.4, 0.5) is 0 Å². The topological polar surface area (TPSA) is 22.0 Å². The van der Waals surface area contributed by atoms with Gasteiger partial charge in [-0.05, 0) is 31.2 Å². The zero-order valence-corrected chi connectivity index (χ0v) is 9.13. The van der Waals surface area contributed by atoms with E-state index in [-0.39, 0.29) is 5.56 Å². The molecule has 1 heterocycles. The van der Waals surface area contributed by atoms with Gasteiger partial charge in [0.1, 0.15) is 0 Å². The molecule has 0 aliphatic carbocycles. The molecule has 0 saturated heterocycles. The average Bonchev–Trinajstić information content (AvgIpc) is 2.31. The molecule has 2 heteroatoms. The molecule has 2 aromatic rings. The Hall–Kier alpha value is -2.09. The molecule has 80 valence electrons. The molecule has 0 N–H and O–H groups in total. The van der Waals surface area contributed by atoms with Gasteiger partial charge < -0.3 is 0 Å². The van der Waals surface area contributed by atoms with Gasteiger partial charge >= 0.3 is 0 Å². The maximum absolute atomic E-state index is 11.8. The molecule has 0 spiro atoms. The van der Waals surface area contributed by atoms with Crippen molar-refractivity contribution in [3.63, 3.8) is 0 Å². The highest BCUT2D eigenvalue weighted by atomic mass is 16.1. The third kappa shape index (κ3) is 1.96. The highest BCUT2D eigenvalue weighted by Crippen LogP contribution is 2.09. The minimum atomic E-state index is -0.0122. The van der Waals surface area contributed by atoms with Gasteiger partial charge in [-0.2, -0.15) is 0 Å². The summed E-state index contributed by atoms with van der Waals surface area (Å²) in [6.45, 7) is 1.94. The van der Waals surface area contributed by atoms with Crippen molar-refractivity contribution in [2.24, 2.45) is 0 Å². The van der Waals surface area contributed by atoms with Crippen LogP contribution in [0.25, 0.3) is 11.8 Å². The first-order valence-electron chi connectivity index (χ1n) is 5.23. The highest BCUT2D eigenvalue weighted by Gasteiger charge is 2.01. The number of nitrogens with zero attached hydrogens (tertiary/aromatic N) is 1. The first-order chi connectivity index (χ1) is 7.83. The second-order valence-corrected chi connectivity index (χ2v) is 3.46. The smallest absolute Gasteiger partial charge is 0.255 e. The highest BCUT2D eigenvalue weighted by molar-refractivity contribution is 5.49. The lowest BCUT2D eigenvalue weighted by molar-refractivity contribution is 0.974. The van der Waals surface area contributed by atoms with Crippen LogP contribution in [0.5, 0.6) is 0 Å².